The third kappa shape index (κ3) is 4.31. The Morgan fingerprint density at radius 3 is 2.36 bits per heavy atom. The Bertz CT molecular complexity index is 205. The van der Waals surface area contributed by atoms with Crippen molar-refractivity contribution in [1.82, 2.24) is 0 Å². The van der Waals surface area contributed by atoms with Crippen LogP contribution in [0.25, 0.3) is 0 Å². The molecule has 0 N–H and O–H groups in total. The Morgan fingerprint density at radius 2 is 2.00 bits per heavy atom. The van der Waals surface area contributed by atoms with Crippen molar-refractivity contribution in [1.29, 1.82) is 0 Å². The Kier molecular flexibility index (Phi) is 4.20. The van der Waals surface area contributed by atoms with Crippen LogP contribution in [0.3, 0.4) is 0 Å². The summed E-state index contributed by atoms with van der Waals surface area (Å²) in [7, 11) is 0. The van der Waals surface area contributed by atoms with E-state index in [4.69, 9.17) is 0 Å². The first kappa shape index (κ1) is 9.89. The van der Waals surface area contributed by atoms with Gasteiger partial charge in [-0.1, -0.05) is 30.9 Å². The van der Waals surface area contributed by atoms with Gasteiger partial charge >= 0.3 is 0 Å². The second-order valence-corrected chi connectivity index (χ2v) is 2.64. The van der Waals surface area contributed by atoms with Crippen LogP contribution in [0.2, 0.25) is 0 Å². The van der Waals surface area contributed by atoms with Gasteiger partial charge in [-0.2, -0.15) is 0 Å². The molecule has 0 aromatic carbocycles. The third-order valence-electron chi connectivity index (χ3n) is 1.30. The molecule has 11 heavy (non-hydrogen) atoms. The highest BCUT2D eigenvalue weighted by molar-refractivity contribution is 5.98. The molecule has 0 heterocycles. The van der Waals surface area contributed by atoms with Crippen LogP contribution in [0.15, 0.2) is 36.5 Å². The fourth-order valence-electron chi connectivity index (χ4n) is 0.542. The molecule has 0 aliphatic carbocycles. The molecule has 0 radical (unpaired) electrons. The molecule has 0 fully saturated rings. The smallest absolute Gasteiger partial charge is 0.166 e. The average molecular weight is 150 g/mol. The first-order chi connectivity index (χ1) is 5.07. The normalized spacial score (nSPS) is 8.55. The lowest BCUT2D eigenvalue weighted by molar-refractivity contribution is -0.114. The van der Waals surface area contributed by atoms with Gasteiger partial charge in [0.15, 0.2) is 5.78 Å². The number of ketones is 1. The minimum Gasteiger partial charge on any atom is -0.294 e. The average Bonchev–Trinajstić information content (AvgIpc) is 1.98. The van der Waals surface area contributed by atoms with Crippen molar-refractivity contribution in [2.75, 3.05) is 0 Å². The van der Waals surface area contributed by atoms with E-state index in [9.17, 15) is 4.79 Å². The summed E-state index contributed by atoms with van der Waals surface area (Å²) in [5, 5.41) is 0. The standard InChI is InChI=1S/C10H14O/c1-5-9(4)10(11)7-6-8(2)3/h5-6H,1,4,7H2,2-3H3. The maximum absolute atomic E-state index is 11.1. The van der Waals surface area contributed by atoms with Gasteiger partial charge < -0.3 is 0 Å². The molecule has 0 amide bonds. The highest BCUT2D eigenvalue weighted by Gasteiger charge is 1.99. The summed E-state index contributed by atoms with van der Waals surface area (Å²) in [6, 6.07) is 0. The highest BCUT2D eigenvalue weighted by atomic mass is 16.1. The number of hydrogen-bond donors (Lipinski definition) is 0. The van der Waals surface area contributed by atoms with Crippen LogP contribution in [-0.2, 0) is 4.79 Å². The molecule has 0 aromatic heterocycles. The molecule has 0 unspecified atom stereocenters. The molecule has 1 heteroatoms. The summed E-state index contributed by atoms with van der Waals surface area (Å²) >= 11 is 0. The summed E-state index contributed by atoms with van der Waals surface area (Å²) < 4.78 is 0. The van der Waals surface area contributed by atoms with Gasteiger partial charge in [0, 0.05) is 12.0 Å². The monoisotopic (exact) mass is 150 g/mol. The molecular weight excluding hydrogens is 136 g/mol. The van der Waals surface area contributed by atoms with Crippen LogP contribution < -0.4 is 0 Å². The zero-order valence-corrected chi connectivity index (χ0v) is 7.18. The second kappa shape index (κ2) is 4.67. The van der Waals surface area contributed by atoms with E-state index in [1.807, 2.05) is 19.9 Å². The fourth-order valence-corrected chi connectivity index (χ4v) is 0.542. The van der Waals surface area contributed by atoms with E-state index in [1.165, 1.54) is 6.08 Å². The molecule has 1 nitrogen and oxygen atoms in total. The third-order valence-corrected chi connectivity index (χ3v) is 1.30. The number of rotatable bonds is 4. The summed E-state index contributed by atoms with van der Waals surface area (Å²) in [5.41, 5.74) is 1.64. The van der Waals surface area contributed by atoms with E-state index in [0.717, 1.165) is 5.57 Å². The van der Waals surface area contributed by atoms with Crippen LogP contribution in [-0.4, -0.2) is 5.78 Å². The predicted molar refractivity (Wildman–Crippen MR) is 48.4 cm³/mol. The predicted octanol–water partition coefficient (Wildman–Crippen LogP) is 2.65. The molecule has 0 saturated heterocycles. The molecule has 0 aliphatic heterocycles. The quantitative estimate of drug-likeness (QED) is 0.342. The Labute approximate surface area is 68.1 Å². The first-order valence-corrected chi connectivity index (χ1v) is 3.56. The van der Waals surface area contributed by atoms with E-state index >= 15 is 0 Å². The SMILES string of the molecule is C=CC(=C)C(=O)CC=C(C)C. The number of allylic oxidation sites excluding steroid dienone is 4. The summed E-state index contributed by atoms with van der Waals surface area (Å²) in [5.74, 6) is 0.0428. The highest BCUT2D eigenvalue weighted by Crippen LogP contribution is 2.01. The van der Waals surface area contributed by atoms with Crippen LogP contribution in [0.4, 0.5) is 0 Å². The molecule has 0 spiro atoms. The molecule has 0 rings (SSSR count). The number of carbonyl (C=O) groups excluding carboxylic acids is 1. The lowest BCUT2D eigenvalue weighted by Crippen LogP contribution is -1.96. The van der Waals surface area contributed by atoms with Gasteiger partial charge in [-0.15, -0.1) is 0 Å². The minimum atomic E-state index is 0.0428. The van der Waals surface area contributed by atoms with E-state index in [2.05, 4.69) is 13.2 Å². The lowest BCUT2D eigenvalue weighted by Gasteiger charge is -1.94. The van der Waals surface area contributed by atoms with E-state index in [0.29, 0.717) is 12.0 Å². The van der Waals surface area contributed by atoms with Gasteiger partial charge in [-0.3, -0.25) is 4.79 Å². The van der Waals surface area contributed by atoms with Crippen LogP contribution >= 0.6 is 0 Å². The molecule has 0 aliphatic rings. The largest absolute Gasteiger partial charge is 0.294 e. The molecule has 0 saturated carbocycles. The number of hydrogen-bond acceptors (Lipinski definition) is 1. The molecule has 0 bridgehead atoms. The molecule has 60 valence electrons. The second-order valence-electron chi connectivity index (χ2n) is 2.64. The van der Waals surface area contributed by atoms with Gasteiger partial charge in [0.2, 0.25) is 0 Å². The van der Waals surface area contributed by atoms with Gasteiger partial charge in [-0.05, 0) is 13.8 Å². The van der Waals surface area contributed by atoms with Crippen LogP contribution in [0.5, 0.6) is 0 Å². The van der Waals surface area contributed by atoms with Crippen molar-refractivity contribution in [3.63, 3.8) is 0 Å². The topological polar surface area (TPSA) is 17.1 Å². The summed E-state index contributed by atoms with van der Waals surface area (Å²) in [6.07, 6.45) is 3.81. The maximum Gasteiger partial charge on any atom is 0.166 e. The molecule has 0 aromatic rings. The van der Waals surface area contributed by atoms with Crippen molar-refractivity contribution in [3.8, 4) is 0 Å². The van der Waals surface area contributed by atoms with E-state index in [-0.39, 0.29) is 5.78 Å². The van der Waals surface area contributed by atoms with Gasteiger partial charge in [-0.25, -0.2) is 0 Å². The molecule has 0 atom stereocenters. The zero-order valence-electron chi connectivity index (χ0n) is 7.18. The van der Waals surface area contributed by atoms with Gasteiger partial charge in [0.25, 0.3) is 0 Å². The first-order valence-electron chi connectivity index (χ1n) is 3.56. The van der Waals surface area contributed by atoms with Crippen molar-refractivity contribution < 1.29 is 4.79 Å². The van der Waals surface area contributed by atoms with E-state index < -0.39 is 0 Å². The minimum absolute atomic E-state index is 0.0428. The summed E-state index contributed by atoms with van der Waals surface area (Å²) in [4.78, 5) is 11.1. The Hall–Kier alpha value is -1.11. The van der Waals surface area contributed by atoms with E-state index in [1.54, 1.807) is 0 Å². The van der Waals surface area contributed by atoms with Crippen molar-refractivity contribution in [3.05, 3.63) is 36.5 Å². The van der Waals surface area contributed by atoms with Gasteiger partial charge in [0.1, 0.15) is 0 Å². The Morgan fingerprint density at radius 1 is 1.45 bits per heavy atom. The van der Waals surface area contributed by atoms with Gasteiger partial charge in [0.05, 0.1) is 0 Å². The van der Waals surface area contributed by atoms with Crippen LogP contribution in [0, 0.1) is 0 Å². The zero-order chi connectivity index (χ0) is 8.85. The Balaban J connectivity index is 3.99. The molecular formula is C10H14O. The number of carbonyl (C=O) groups is 1. The fraction of sp³-hybridized carbons (Fsp3) is 0.300. The van der Waals surface area contributed by atoms with Crippen molar-refractivity contribution >= 4 is 5.78 Å². The van der Waals surface area contributed by atoms with Crippen molar-refractivity contribution in [2.24, 2.45) is 0 Å². The maximum atomic E-state index is 11.1. The summed E-state index contributed by atoms with van der Waals surface area (Å²) in [6.45, 7) is 10.9. The van der Waals surface area contributed by atoms with Crippen molar-refractivity contribution in [2.45, 2.75) is 20.3 Å². The number of Topliss-reactive ketones (excluding diaryl/α,β-unsaturated/α-hetero) is 1. The lowest BCUT2D eigenvalue weighted by atomic mass is 10.1. The van der Waals surface area contributed by atoms with Crippen LogP contribution in [0.1, 0.15) is 20.3 Å².